The second-order valence-electron chi connectivity index (χ2n) is 5.96. The van der Waals surface area contributed by atoms with E-state index in [1.165, 1.54) is 0 Å². The van der Waals surface area contributed by atoms with Gasteiger partial charge < -0.3 is 19.7 Å². The van der Waals surface area contributed by atoms with E-state index in [0.29, 0.717) is 34.7 Å². The lowest BCUT2D eigenvalue weighted by Gasteiger charge is -2.30. The molecule has 2 aromatic carbocycles. The third kappa shape index (κ3) is 4.81. The van der Waals surface area contributed by atoms with Crippen LogP contribution >= 0.6 is 23.2 Å². The smallest absolute Gasteiger partial charge is 0.265 e. The number of halogens is 2. The monoisotopic (exact) mass is 394 g/mol. The van der Waals surface area contributed by atoms with Crippen LogP contribution in [-0.2, 0) is 9.53 Å². The molecule has 1 saturated heterocycles. The fourth-order valence-electron chi connectivity index (χ4n) is 2.69. The van der Waals surface area contributed by atoms with Crippen molar-refractivity contribution in [3.8, 4) is 5.75 Å². The molecule has 0 saturated carbocycles. The van der Waals surface area contributed by atoms with Gasteiger partial charge in [-0.05, 0) is 49.4 Å². The van der Waals surface area contributed by atoms with Gasteiger partial charge in [0.1, 0.15) is 5.75 Å². The quantitative estimate of drug-likeness (QED) is 0.823. The van der Waals surface area contributed by atoms with Crippen molar-refractivity contribution in [3.05, 3.63) is 52.5 Å². The molecule has 0 aromatic heterocycles. The molecule has 7 heteroatoms. The normalized spacial score (nSPS) is 15.4. The Labute approximate surface area is 162 Å². The van der Waals surface area contributed by atoms with Crippen molar-refractivity contribution in [3.63, 3.8) is 0 Å². The lowest BCUT2D eigenvalue weighted by molar-refractivity contribution is -0.122. The van der Waals surface area contributed by atoms with E-state index in [-0.39, 0.29) is 5.91 Å². The van der Waals surface area contributed by atoms with Crippen molar-refractivity contribution in [1.29, 1.82) is 0 Å². The highest BCUT2D eigenvalue weighted by Crippen LogP contribution is 2.30. The van der Waals surface area contributed by atoms with Crippen LogP contribution in [-0.4, -0.2) is 38.3 Å². The first kappa shape index (κ1) is 18.8. The minimum Gasteiger partial charge on any atom is -0.481 e. The van der Waals surface area contributed by atoms with Crippen molar-refractivity contribution in [1.82, 2.24) is 0 Å². The van der Waals surface area contributed by atoms with Gasteiger partial charge in [-0.2, -0.15) is 0 Å². The molecule has 138 valence electrons. The largest absolute Gasteiger partial charge is 0.481 e. The van der Waals surface area contributed by atoms with E-state index in [1.807, 2.05) is 12.1 Å². The number of carbonyl (C=O) groups is 1. The van der Waals surface area contributed by atoms with Crippen LogP contribution in [0, 0.1) is 0 Å². The van der Waals surface area contributed by atoms with Gasteiger partial charge in [0.25, 0.3) is 5.91 Å². The number of nitrogens with one attached hydrogen (secondary N) is 1. The molecule has 1 unspecified atom stereocenters. The van der Waals surface area contributed by atoms with Gasteiger partial charge in [-0.3, -0.25) is 4.79 Å². The van der Waals surface area contributed by atoms with E-state index in [4.69, 9.17) is 32.7 Å². The number of nitrogens with zero attached hydrogens (tertiary/aromatic N) is 1. The van der Waals surface area contributed by atoms with Crippen LogP contribution in [0.5, 0.6) is 5.75 Å². The van der Waals surface area contributed by atoms with Crippen LogP contribution in [0.4, 0.5) is 11.4 Å². The summed E-state index contributed by atoms with van der Waals surface area (Å²) in [5.41, 5.74) is 1.58. The summed E-state index contributed by atoms with van der Waals surface area (Å²) in [5.74, 6) is 0.327. The molecular formula is C19H20Cl2N2O3. The average Bonchev–Trinajstić information content (AvgIpc) is 2.64. The van der Waals surface area contributed by atoms with E-state index in [1.54, 1.807) is 37.3 Å². The molecule has 1 aliphatic heterocycles. The highest BCUT2D eigenvalue weighted by molar-refractivity contribution is 6.31. The molecule has 26 heavy (non-hydrogen) atoms. The number of carbonyl (C=O) groups excluding carboxylic acids is 1. The van der Waals surface area contributed by atoms with Gasteiger partial charge in [-0.1, -0.05) is 23.2 Å². The molecule has 1 fully saturated rings. The van der Waals surface area contributed by atoms with Crippen molar-refractivity contribution in [2.24, 2.45) is 0 Å². The number of hydrogen-bond donors (Lipinski definition) is 1. The van der Waals surface area contributed by atoms with Crippen molar-refractivity contribution >= 4 is 40.5 Å². The zero-order valence-corrected chi connectivity index (χ0v) is 15.9. The Hall–Kier alpha value is -1.95. The zero-order chi connectivity index (χ0) is 18.5. The molecule has 1 aliphatic rings. The Morgan fingerprint density at radius 3 is 2.46 bits per heavy atom. The standard InChI is InChI=1S/C19H20Cl2N2O3/c1-13(26-16-5-2-14(20)3-6-16)19(24)22-17-12-15(21)4-7-18(17)23-8-10-25-11-9-23/h2-7,12-13H,8-11H2,1H3,(H,22,24). The predicted molar refractivity (Wildman–Crippen MR) is 105 cm³/mol. The highest BCUT2D eigenvalue weighted by atomic mass is 35.5. The van der Waals surface area contributed by atoms with Crippen molar-refractivity contribution < 1.29 is 14.3 Å². The maximum absolute atomic E-state index is 12.6. The van der Waals surface area contributed by atoms with E-state index in [2.05, 4.69) is 10.2 Å². The SMILES string of the molecule is CC(Oc1ccc(Cl)cc1)C(=O)Nc1cc(Cl)ccc1N1CCOCC1. The molecule has 0 radical (unpaired) electrons. The van der Waals surface area contributed by atoms with Gasteiger partial charge in [-0.25, -0.2) is 0 Å². The molecule has 1 atom stereocenters. The number of anilines is 2. The van der Waals surface area contributed by atoms with Crippen LogP contribution in [0.25, 0.3) is 0 Å². The number of hydrogen-bond acceptors (Lipinski definition) is 4. The molecule has 0 bridgehead atoms. The van der Waals surface area contributed by atoms with Crippen LogP contribution in [0.1, 0.15) is 6.92 Å². The Balaban J connectivity index is 1.71. The van der Waals surface area contributed by atoms with E-state index < -0.39 is 6.10 Å². The summed E-state index contributed by atoms with van der Waals surface area (Å²) in [7, 11) is 0. The summed E-state index contributed by atoms with van der Waals surface area (Å²) >= 11 is 12.0. The Kier molecular flexibility index (Phi) is 6.25. The number of rotatable bonds is 5. The molecule has 5 nitrogen and oxygen atoms in total. The lowest BCUT2D eigenvalue weighted by Crippen LogP contribution is -2.37. The van der Waals surface area contributed by atoms with Crippen LogP contribution in [0.15, 0.2) is 42.5 Å². The molecule has 3 rings (SSSR count). The Morgan fingerprint density at radius 2 is 1.77 bits per heavy atom. The predicted octanol–water partition coefficient (Wildman–Crippen LogP) is 4.24. The second kappa shape index (κ2) is 8.62. The van der Waals surface area contributed by atoms with Gasteiger partial charge in [0.15, 0.2) is 6.10 Å². The third-order valence-electron chi connectivity index (χ3n) is 4.06. The third-order valence-corrected chi connectivity index (χ3v) is 4.55. The molecule has 1 amide bonds. The summed E-state index contributed by atoms with van der Waals surface area (Å²) in [5, 5.41) is 4.10. The zero-order valence-electron chi connectivity index (χ0n) is 14.4. The molecule has 0 aliphatic carbocycles. The summed E-state index contributed by atoms with van der Waals surface area (Å²) in [6, 6.07) is 12.4. The fraction of sp³-hybridized carbons (Fsp3) is 0.316. The van der Waals surface area contributed by atoms with Gasteiger partial charge >= 0.3 is 0 Å². The summed E-state index contributed by atoms with van der Waals surface area (Å²) < 4.78 is 11.1. The Bertz CT molecular complexity index is 762. The van der Waals surface area contributed by atoms with Gasteiger partial charge in [-0.15, -0.1) is 0 Å². The van der Waals surface area contributed by atoms with Crippen LogP contribution in [0.3, 0.4) is 0 Å². The maximum Gasteiger partial charge on any atom is 0.265 e. The first-order valence-electron chi connectivity index (χ1n) is 8.38. The number of amides is 1. The van der Waals surface area contributed by atoms with Crippen molar-refractivity contribution in [2.75, 3.05) is 36.5 Å². The second-order valence-corrected chi connectivity index (χ2v) is 6.84. The van der Waals surface area contributed by atoms with Crippen molar-refractivity contribution in [2.45, 2.75) is 13.0 Å². The first-order chi connectivity index (χ1) is 12.5. The molecular weight excluding hydrogens is 375 g/mol. The molecule has 1 N–H and O–H groups in total. The van der Waals surface area contributed by atoms with Crippen LogP contribution in [0.2, 0.25) is 10.0 Å². The summed E-state index contributed by atoms with van der Waals surface area (Å²) in [4.78, 5) is 14.7. The molecule has 2 aromatic rings. The van der Waals surface area contributed by atoms with E-state index in [9.17, 15) is 4.79 Å². The first-order valence-corrected chi connectivity index (χ1v) is 9.14. The van der Waals surface area contributed by atoms with E-state index >= 15 is 0 Å². The molecule has 1 heterocycles. The van der Waals surface area contributed by atoms with Gasteiger partial charge in [0.2, 0.25) is 0 Å². The number of morpholine rings is 1. The average molecular weight is 395 g/mol. The van der Waals surface area contributed by atoms with E-state index in [0.717, 1.165) is 18.8 Å². The summed E-state index contributed by atoms with van der Waals surface area (Å²) in [6.45, 7) is 4.55. The highest BCUT2D eigenvalue weighted by Gasteiger charge is 2.20. The fourth-order valence-corrected chi connectivity index (χ4v) is 2.99. The summed E-state index contributed by atoms with van der Waals surface area (Å²) in [6.07, 6.45) is -0.673. The Morgan fingerprint density at radius 1 is 1.12 bits per heavy atom. The number of benzene rings is 2. The molecule has 0 spiro atoms. The topological polar surface area (TPSA) is 50.8 Å². The lowest BCUT2D eigenvalue weighted by atomic mass is 10.2. The number of ether oxygens (including phenoxy) is 2. The minimum absolute atomic E-state index is 0.253. The maximum atomic E-state index is 12.6. The van der Waals surface area contributed by atoms with Crippen LogP contribution < -0.4 is 15.0 Å². The van der Waals surface area contributed by atoms with Gasteiger partial charge in [0.05, 0.1) is 24.6 Å². The van der Waals surface area contributed by atoms with Gasteiger partial charge in [0, 0.05) is 23.1 Å². The minimum atomic E-state index is -0.673.